The van der Waals surface area contributed by atoms with Crippen LogP contribution in [0.25, 0.3) is 11.2 Å². The number of hydrogen-bond donors (Lipinski definition) is 3. The Kier molecular flexibility index (Phi) is 6.43. The first-order valence-corrected chi connectivity index (χ1v) is 13.5. The Morgan fingerprint density at radius 3 is 2.74 bits per heavy atom. The highest BCUT2D eigenvalue weighted by atomic mass is 28.4. The molecule has 2 aromatic rings. The number of carbonyl (C=O) groups is 1. The van der Waals surface area contributed by atoms with E-state index in [1.165, 1.54) is 6.33 Å². The van der Waals surface area contributed by atoms with E-state index in [4.69, 9.17) is 9.16 Å². The molecule has 1 aliphatic rings. The molecule has 1 fully saturated rings. The second kappa shape index (κ2) is 8.45. The van der Waals surface area contributed by atoms with Gasteiger partial charge in [0.15, 0.2) is 19.5 Å². The molecule has 0 spiro atoms. The van der Waals surface area contributed by atoms with Gasteiger partial charge in [0.1, 0.15) is 12.3 Å². The largest absolute Gasteiger partial charge is 0.414 e. The number of ether oxygens (including phenoxy) is 1. The van der Waals surface area contributed by atoms with Crippen molar-refractivity contribution in [2.45, 2.75) is 77.6 Å². The van der Waals surface area contributed by atoms with E-state index in [-0.39, 0.29) is 34.0 Å². The van der Waals surface area contributed by atoms with Crippen molar-refractivity contribution in [2.75, 3.05) is 11.9 Å². The van der Waals surface area contributed by atoms with E-state index in [2.05, 4.69) is 54.1 Å². The van der Waals surface area contributed by atoms with Gasteiger partial charge in [0.05, 0.1) is 19.0 Å². The fraction of sp³-hybridized carbons (Fsp3) is 0.700. The van der Waals surface area contributed by atoms with Crippen LogP contribution in [0.1, 0.15) is 47.3 Å². The molecule has 0 radical (unpaired) electrons. The molecular weight excluding hydrogens is 418 g/mol. The number of aromatic amines is 1. The number of carbonyl (C=O) groups excluding carboxylic acids is 1. The van der Waals surface area contributed by atoms with Gasteiger partial charge in [0.25, 0.3) is 5.56 Å². The van der Waals surface area contributed by atoms with Crippen LogP contribution in [-0.2, 0) is 14.0 Å². The minimum Gasteiger partial charge on any atom is -0.414 e. The number of aliphatic hydroxyl groups is 1. The van der Waals surface area contributed by atoms with Crippen molar-refractivity contribution in [1.82, 2.24) is 19.5 Å². The first-order valence-electron chi connectivity index (χ1n) is 10.6. The van der Waals surface area contributed by atoms with Crippen LogP contribution in [0, 0.1) is 5.92 Å². The zero-order valence-electron chi connectivity index (χ0n) is 19.2. The quantitative estimate of drug-likeness (QED) is 0.575. The Hall–Kier alpha value is -2.08. The standard InChI is InChI=1S/C20H33N5O5Si/c1-11(2)17(27)23-19-22-16-15(18(28)24-19)21-10-25(16)14-8-12(26)13(30-14)9-29-31(6,7)20(3,4)5/h10-14,26H,8-9H2,1-7H3,(H2,22,23,24,27,28)/t12-,13-,14-/m1/s1. The zero-order chi connectivity index (χ0) is 23.1. The summed E-state index contributed by atoms with van der Waals surface area (Å²) in [5, 5.41) is 13.2. The zero-order valence-corrected chi connectivity index (χ0v) is 20.2. The molecule has 0 bridgehead atoms. The van der Waals surface area contributed by atoms with Crippen LogP contribution in [0.5, 0.6) is 0 Å². The van der Waals surface area contributed by atoms with Gasteiger partial charge in [-0.2, -0.15) is 4.98 Å². The molecule has 3 heterocycles. The van der Waals surface area contributed by atoms with Crippen LogP contribution in [-0.4, -0.2) is 57.7 Å². The Bertz CT molecular complexity index is 1010. The minimum absolute atomic E-state index is 0.0503. The monoisotopic (exact) mass is 451 g/mol. The second-order valence-electron chi connectivity index (χ2n) is 9.89. The Morgan fingerprint density at radius 1 is 1.45 bits per heavy atom. The van der Waals surface area contributed by atoms with Gasteiger partial charge in [0.2, 0.25) is 11.9 Å². The molecule has 1 saturated heterocycles. The van der Waals surface area contributed by atoms with Gasteiger partial charge in [-0.15, -0.1) is 0 Å². The Morgan fingerprint density at radius 2 is 2.13 bits per heavy atom. The van der Waals surface area contributed by atoms with E-state index in [1.807, 2.05) is 0 Å². The van der Waals surface area contributed by atoms with Crippen LogP contribution in [0.4, 0.5) is 5.95 Å². The lowest BCUT2D eigenvalue weighted by atomic mass is 10.2. The van der Waals surface area contributed by atoms with Crippen molar-refractivity contribution in [3.63, 3.8) is 0 Å². The predicted octanol–water partition coefficient (Wildman–Crippen LogP) is 2.38. The van der Waals surface area contributed by atoms with E-state index in [0.717, 1.165) is 0 Å². The minimum atomic E-state index is -1.98. The Balaban J connectivity index is 1.80. The number of imidazole rings is 1. The SMILES string of the molecule is CC(C)C(=O)Nc1nc2c(ncn2[C@H]2C[C@@H](O)[C@@H](CO[Si](C)(C)C(C)(C)C)O2)c(=O)[nH]1. The van der Waals surface area contributed by atoms with E-state index in [1.54, 1.807) is 18.4 Å². The normalized spacial score (nSPS) is 22.4. The van der Waals surface area contributed by atoms with Crippen molar-refractivity contribution in [2.24, 2.45) is 5.92 Å². The summed E-state index contributed by atoms with van der Waals surface area (Å²) in [7, 11) is -1.98. The third kappa shape index (κ3) is 4.89. The summed E-state index contributed by atoms with van der Waals surface area (Å²) in [6.45, 7) is 14.6. The van der Waals surface area contributed by atoms with Crippen LogP contribution >= 0.6 is 0 Å². The van der Waals surface area contributed by atoms with Crippen LogP contribution in [0.15, 0.2) is 11.1 Å². The lowest BCUT2D eigenvalue weighted by molar-refractivity contribution is -0.118. The highest BCUT2D eigenvalue weighted by molar-refractivity contribution is 6.74. The third-order valence-corrected chi connectivity index (χ3v) is 10.6. The fourth-order valence-corrected chi connectivity index (χ4v) is 4.01. The maximum atomic E-state index is 12.4. The topological polar surface area (TPSA) is 131 Å². The average molecular weight is 452 g/mol. The van der Waals surface area contributed by atoms with Gasteiger partial charge in [-0.3, -0.25) is 24.5 Å². The number of aromatic nitrogens is 4. The van der Waals surface area contributed by atoms with Crippen LogP contribution in [0.2, 0.25) is 18.1 Å². The van der Waals surface area contributed by atoms with E-state index in [0.29, 0.717) is 13.0 Å². The maximum Gasteiger partial charge on any atom is 0.280 e. The average Bonchev–Trinajstić information content (AvgIpc) is 3.22. The molecule has 3 rings (SSSR count). The van der Waals surface area contributed by atoms with Gasteiger partial charge < -0.3 is 14.3 Å². The van der Waals surface area contributed by atoms with Gasteiger partial charge in [-0.25, -0.2) is 4.98 Å². The molecular formula is C20H33N5O5Si. The molecule has 0 aromatic carbocycles. The van der Waals surface area contributed by atoms with Crippen molar-refractivity contribution >= 4 is 31.3 Å². The molecule has 31 heavy (non-hydrogen) atoms. The summed E-state index contributed by atoms with van der Waals surface area (Å²) in [6, 6.07) is 0. The van der Waals surface area contributed by atoms with Crippen molar-refractivity contribution in [1.29, 1.82) is 0 Å². The molecule has 0 aliphatic carbocycles. The molecule has 3 N–H and O–H groups in total. The van der Waals surface area contributed by atoms with Gasteiger partial charge in [-0.1, -0.05) is 34.6 Å². The fourth-order valence-electron chi connectivity index (χ4n) is 3.00. The summed E-state index contributed by atoms with van der Waals surface area (Å²) in [5.74, 6) is -0.473. The summed E-state index contributed by atoms with van der Waals surface area (Å²) in [5.41, 5.74) is -0.0354. The number of H-pyrrole nitrogens is 1. The molecule has 10 nitrogen and oxygen atoms in total. The first-order chi connectivity index (χ1) is 14.3. The highest BCUT2D eigenvalue weighted by Crippen LogP contribution is 2.38. The Labute approximate surface area is 182 Å². The highest BCUT2D eigenvalue weighted by Gasteiger charge is 2.41. The van der Waals surface area contributed by atoms with Crippen molar-refractivity contribution < 1.29 is 19.1 Å². The molecule has 1 amide bonds. The second-order valence-corrected chi connectivity index (χ2v) is 14.7. The number of fused-ring (bicyclic) bond motifs is 1. The predicted molar refractivity (Wildman–Crippen MR) is 119 cm³/mol. The van der Waals surface area contributed by atoms with Crippen LogP contribution < -0.4 is 10.9 Å². The van der Waals surface area contributed by atoms with Gasteiger partial charge in [0, 0.05) is 12.3 Å². The van der Waals surface area contributed by atoms with E-state index < -0.39 is 32.3 Å². The molecule has 3 atom stereocenters. The number of rotatable bonds is 6. The summed E-state index contributed by atoms with van der Waals surface area (Å²) >= 11 is 0. The number of anilines is 1. The first kappa shape index (κ1) is 23.6. The van der Waals surface area contributed by atoms with Gasteiger partial charge >= 0.3 is 0 Å². The molecule has 172 valence electrons. The smallest absolute Gasteiger partial charge is 0.280 e. The molecule has 0 unspecified atom stereocenters. The van der Waals surface area contributed by atoms with Crippen molar-refractivity contribution in [3.8, 4) is 0 Å². The van der Waals surface area contributed by atoms with Gasteiger partial charge in [-0.05, 0) is 18.1 Å². The molecule has 1 aliphatic heterocycles. The number of hydrogen-bond acceptors (Lipinski definition) is 7. The maximum absolute atomic E-state index is 12.4. The summed E-state index contributed by atoms with van der Waals surface area (Å²) in [4.78, 5) is 35.4. The van der Waals surface area contributed by atoms with Crippen LogP contribution in [0.3, 0.4) is 0 Å². The van der Waals surface area contributed by atoms with E-state index >= 15 is 0 Å². The summed E-state index contributed by atoms with van der Waals surface area (Å²) in [6.07, 6.45) is 0.0400. The number of amides is 1. The number of nitrogens with zero attached hydrogens (tertiary/aromatic N) is 3. The molecule has 2 aromatic heterocycles. The third-order valence-electron chi connectivity index (χ3n) is 6.13. The lowest BCUT2D eigenvalue weighted by Gasteiger charge is -2.37. The van der Waals surface area contributed by atoms with Crippen molar-refractivity contribution in [3.05, 3.63) is 16.7 Å². The van der Waals surface area contributed by atoms with E-state index in [9.17, 15) is 14.7 Å². The molecule has 11 heteroatoms. The number of aliphatic hydroxyl groups excluding tert-OH is 1. The molecule has 0 saturated carbocycles. The summed E-state index contributed by atoms with van der Waals surface area (Å²) < 4.78 is 13.9. The number of nitrogens with one attached hydrogen (secondary N) is 2. The lowest BCUT2D eigenvalue weighted by Crippen LogP contribution is -2.43.